The van der Waals surface area contributed by atoms with E-state index in [2.05, 4.69) is 77.9 Å². The highest BCUT2D eigenvalue weighted by Gasteiger charge is 2.20. The number of hydrogen-bond donors (Lipinski definition) is 0. The molecule has 0 bridgehead atoms. The molecule has 0 atom stereocenters. The average molecular weight is 667 g/mol. The van der Waals surface area contributed by atoms with E-state index in [9.17, 15) is 0 Å². The van der Waals surface area contributed by atoms with Gasteiger partial charge in [0.25, 0.3) is 0 Å². The first-order valence-corrected chi connectivity index (χ1v) is 12.7. The van der Waals surface area contributed by atoms with Crippen molar-refractivity contribution >= 4 is 10.8 Å². The fourth-order valence-electron chi connectivity index (χ4n) is 5.18. The van der Waals surface area contributed by atoms with Crippen LogP contribution < -0.4 is 48.0 Å². The second-order valence-electron chi connectivity index (χ2n) is 9.25. The highest BCUT2D eigenvalue weighted by molar-refractivity contribution is 5.83. The van der Waals surface area contributed by atoms with Gasteiger partial charge in [-0.15, -0.1) is 0 Å². The SMILES string of the molecule is CC[N+](CC)(CC)CCCc1ccc2cc(CCC[N+](CC)(CC)CC)ccc2c1.[I-].[I-]. The molecule has 0 aliphatic rings. The van der Waals surface area contributed by atoms with Crippen molar-refractivity contribution in [3.63, 3.8) is 0 Å². The Bertz CT molecular complexity index is 685. The monoisotopic (exact) mass is 666 g/mol. The summed E-state index contributed by atoms with van der Waals surface area (Å²) in [7, 11) is 0. The van der Waals surface area contributed by atoms with Crippen LogP contribution in [0.4, 0.5) is 0 Å². The second-order valence-corrected chi connectivity index (χ2v) is 9.25. The van der Waals surface area contributed by atoms with Crippen molar-refractivity contribution in [2.75, 3.05) is 52.4 Å². The van der Waals surface area contributed by atoms with Crippen LogP contribution in [0.1, 0.15) is 65.5 Å². The number of aryl methyl sites for hydroxylation is 2. The van der Waals surface area contributed by atoms with Gasteiger partial charge in [-0.2, -0.15) is 0 Å². The molecule has 0 heterocycles. The van der Waals surface area contributed by atoms with E-state index >= 15 is 0 Å². The summed E-state index contributed by atoms with van der Waals surface area (Å²) >= 11 is 0. The van der Waals surface area contributed by atoms with Gasteiger partial charge in [0.1, 0.15) is 0 Å². The molecule has 0 saturated heterocycles. The van der Waals surface area contributed by atoms with Gasteiger partial charge >= 0.3 is 0 Å². The molecule has 32 heavy (non-hydrogen) atoms. The first kappa shape index (κ1) is 32.1. The molecule has 0 radical (unpaired) electrons. The normalized spacial score (nSPS) is 11.8. The van der Waals surface area contributed by atoms with Crippen molar-refractivity contribution in [3.8, 4) is 0 Å². The van der Waals surface area contributed by atoms with Crippen LogP contribution in [-0.2, 0) is 12.8 Å². The summed E-state index contributed by atoms with van der Waals surface area (Å²) in [6.45, 7) is 24.2. The molecule has 0 unspecified atom stereocenters. The number of benzene rings is 2. The summed E-state index contributed by atoms with van der Waals surface area (Å²) in [6.07, 6.45) is 4.96. The zero-order valence-electron chi connectivity index (χ0n) is 21.6. The summed E-state index contributed by atoms with van der Waals surface area (Å²) in [5, 5.41) is 2.80. The van der Waals surface area contributed by atoms with Crippen molar-refractivity contribution in [2.45, 2.75) is 67.2 Å². The highest BCUT2D eigenvalue weighted by atomic mass is 127. The van der Waals surface area contributed by atoms with Crippen LogP contribution in [0.2, 0.25) is 0 Å². The maximum atomic E-state index is 2.42. The van der Waals surface area contributed by atoms with E-state index in [1.54, 1.807) is 0 Å². The number of quaternary nitrogens is 2. The van der Waals surface area contributed by atoms with Crippen LogP contribution in [-0.4, -0.2) is 61.3 Å². The predicted octanol–water partition coefficient (Wildman–Crippen LogP) is 0.466. The Kier molecular flexibility index (Phi) is 15.9. The lowest BCUT2D eigenvalue weighted by atomic mass is 10.00. The van der Waals surface area contributed by atoms with Gasteiger partial charge in [0.2, 0.25) is 0 Å². The Hall–Kier alpha value is 0.0800. The molecule has 0 N–H and O–H groups in total. The van der Waals surface area contributed by atoms with Gasteiger partial charge in [0.15, 0.2) is 0 Å². The Morgan fingerprint density at radius 1 is 0.500 bits per heavy atom. The van der Waals surface area contributed by atoms with E-state index in [-0.39, 0.29) is 48.0 Å². The standard InChI is InChI=1S/C28H48N2.2HI/c1-7-29(8-2,9-3)21-13-15-25-17-19-28-24-26(18-20-27(28)23-25)16-14-22-30(10-4,11-5)12-6;;/h17-20,23-24H,7-16,21-22H2,1-6H3;2*1H/q+2;;/p-2. The van der Waals surface area contributed by atoms with Crippen LogP contribution in [0.3, 0.4) is 0 Å². The molecule has 2 aromatic carbocycles. The van der Waals surface area contributed by atoms with E-state index in [4.69, 9.17) is 0 Å². The number of halogens is 2. The Morgan fingerprint density at radius 3 is 1.09 bits per heavy atom. The molecule has 0 amide bonds. The van der Waals surface area contributed by atoms with Gasteiger partial charge in [0.05, 0.1) is 52.4 Å². The molecule has 0 saturated carbocycles. The van der Waals surface area contributed by atoms with Gasteiger partial charge in [-0.25, -0.2) is 0 Å². The molecule has 2 aromatic rings. The van der Waals surface area contributed by atoms with Crippen molar-refractivity contribution in [2.24, 2.45) is 0 Å². The molecule has 0 aliphatic carbocycles. The summed E-state index contributed by atoms with van der Waals surface area (Å²) in [6, 6.07) is 14.3. The maximum Gasteiger partial charge on any atom is 0.0789 e. The fourth-order valence-corrected chi connectivity index (χ4v) is 5.18. The van der Waals surface area contributed by atoms with Crippen LogP contribution in [0, 0.1) is 0 Å². The van der Waals surface area contributed by atoms with Gasteiger partial charge in [-0.3, -0.25) is 0 Å². The Balaban J connectivity index is 0.00000480. The summed E-state index contributed by atoms with van der Waals surface area (Å²) < 4.78 is 2.51. The molecule has 2 rings (SSSR count). The molecule has 0 spiro atoms. The molecular formula is C28H48I2N2. The molecule has 0 aromatic heterocycles. The average Bonchev–Trinajstić information content (AvgIpc) is 2.80. The lowest BCUT2D eigenvalue weighted by molar-refractivity contribution is -0.923. The number of fused-ring (bicyclic) bond motifs is 1. The first-order chi connectivity index (χ1) is 14.5. The molecular weight excluding hydrogens is 618 g/mol. The Morgan fingerprint density at radius 2 is 0.812 bits per heavy atom. The molecule has 184 valence electrons. The van der Waals surface area contributed by atoms with E-state index in [0.717, 1.165) is 0 Å². The molecule has 4 heteroatoms. The van der Waals surface area contributed by atoms with Crippen LogP contribution in [0.25, 0.3) is 10.8 Å². The minimum atomic E-state index is 0. The maximum absolute atomic E-state index is 2.42. The second kappa shape index (κ2) is 15.9. The minimum Gasteiger partial charge on any atom is -1.00 e. The quantitative estimate of drug-likeness (QED) is 0.204. The number of rotatable bonds is 14. The predicted molar refractivity (Wildman–Crippen MR) is 134 cm³/mol. The van der Waals surface area contributed by atoms with Crippen molar-refractivity contribution < 1.29 is 56.9 Å². The van der Waals surface area contributed by atoms with Crippen LogP contribution in [0.5, 0.6) is 0 Å². The van der Waals surface area contributed by atoms with Gasteiger partial charge in [-0.1, -0.05) is 36.4 Å². The zero-order valence-corrected chi connectivity index (χ0v) is 25.9. The Labute approximate surface area is 233 Å². The smallest absolute Gasteiger partial charge is 0.0789 e. The highest BCUT2D eigenvalue weighted by Crippen LogP contribution is 2.21. The topological polar surface area (TPSA) is 0 Å². The third-order valence-electron chi connectivity index (χ3n) is 8.19. The molecule has 2 nitrogen and oxygen atoms in total. The minimum absolute atomic E-state index is 0. The number of nitrogens with zero attached hydrogens (tertiary/aromatic N) is 2. The van der Waals surface area contributed by atoms with Crippen molar-refractivity contribution in [1.29, 1.82) is 0 Å². The molecule has 0 aliphatic heterocycles. The van der Waals surface area contributed by atoms with Gasteiger partial charge in [-0.05, 0) is 76.3 Å². The summed E-state index contributed by atoms with van der Waals surface area (Å²) in [4.78, 5) is 0. The number of hydrogen-bond acceptors (Lipinski definition) is 0. The van der Waals surface area contributed by atoms with E-state index in [1.807, 2.05) is 0 Å². The zero-order chi connectivity index (χ0) is 22.0. The third kappa shape index (κ3) is 8.70. The van der Waals surface area contributed by atoms with E-state index < -0.39 is 0 Å². The van der Waals surface area contributed by atoms with Crippen LogP contribution >= 0.6 is 0 Å². The summed E-state index contributed by atoms with van der Waals surface area (Å²) in [5.41, 5.74) is 2.99. The third-order valence-corrected chi connectivity index (χ3v) is 8.19. The fraction of sp³-hybridized carbons (Fsp3) is 0.643. The van der Waals surface area contributed by atoms with Gasteiger partial charge < -0.3 is 56.9 Å². The van der Waals surface area contributed by atoms with E-state index in [1.165, 1.54) is 109 Å². The lowest BCUT2D eigenvalue weighted by Gasteiger charge is -2.36. The van der Waals surface area contributed by atoms with Gasteiger partial charge in [0, 0.05) is 12.8 Å². The first-order valence-electron chi connectivity index (χ1n) is 12.7. The lowest BCUT2D eigenvalue weighted by Crippen LogP contribution is -3.00. The van der Waals surface area contributed by atoms with Crippen molar-refractivity contribution in [1.82, 2.24) is 0 Å². The molecule has 0 fully saturated rings. The van der Waals surface area contributed by atoms with E-state index in [0.29, 0.717) is 0 Å². The van der Waals surface area contributed by atoms with Crippen molar-refractivity contribution in [3.05, 3.63) is 47.5 Å². The largest absolute Gasteiger partial charge is 1.00 e. The summed E-state index contributed by atoms with van der Waals surface area (Å²) in [5.74, 6) is 0. The van der Waals surface area contributed by atoms with Crippen LogP contribution in [0.15, 0.2) is 36.4 Å².